The van der Waals surface area contributed by atoms with E-state index in [-0.39, 0.29) is 0 Å². The van der Waals surface area contributed by atoms with E-state index < -0.39 is 0 Å². The normalized spacial score (nSPS) is 10.7. The lowest BCUT2D eigenvalue weighted by Crippen LogP contribution is -1.99. The van der Waals surface area contributed by atoms with Crippen molar-refractivity contribution in [3.8, 4) is 11.1 Å². The lowest BCUT2D eigenvalue weighted by Gasteiger charge is -2.03. The van der Waals surface area contributed by atoms with E-state index in [0.29, 0.717) is 0 Å². The molecule has 1 aromatic heterocycles. The molecule has 0 atom stereocenters. The highest BCUT2D eigenvalue weighted by Gasteiger charge is 2.05. The van der Waals surface area contributed by atoms with Crippen LogP contribution >= 0.6 is 0 Å². The summed E-state index contributed by atoms with van der Waals surface area (Å²) in [6.45, 7) is 2.86. The molecule has 0 aliphatic carbocycles. The maximum absolute atomic E-state index is 5.99. The molecule has 2 N–H and O–H groups in total. The van der Waals surface area contributed by atoms with Crippen LogP contribution < -0.4 is 5.73 Å². The number of anilines is 1. The third-order valence-electron chi connectivity index (χ3n) is 3.37. The molecule has 0 amide bonds. The van der Waals surface area contributed by atoms with Crippen molar-refractivity contribution in [2.45, 2.75) is 13.5 Å². The SMILES string of the molecule is Cc1ccc(Cn2cc(-c3ccccc3N)cn2)cc1. The van der Waals surface area contributed by atoms with Crippen molar-refractivity contribution >= 4 is 5.69 Å². The molecule has 3 nitrogen and oxygen atoms in total. The Morgan fingerprint density at radius 3 is 2.55 bits per heavy atom. The number of aryl methyl sites for hydroxylation is 1. The Bertz CT molecular complexity index is 711. The van der Waals surface area contributed by atoms with Crippen molar-refractivity contribution in [3.05, 3.63) is 72.1 Å². The molecule has 3 heteroatoms. The van der Waals surface area contributed by atoms with Crippen LogP contribution in [-0.2, 0) is 6.54 Å². The predicted octanol–water partition coefficient (Wildman–Crippen LogP) is 3.49. The number of rotatable bonds is 3. The Kier molecular flexibility index (Phi) is 3.25. The van der Waals surface area contributed by atoms with Gasteiger partial charge in [-0.05, 0) is 18.6 Å². The second-order valence-corrected chi connectivity index (χ2v) is 5.00. The van der Waals surface area contributed by atoms with E-state index in [1.807, 2.05) is 41.3 Å². The van der Waals surface area contributed by atoms with Gasteiger partial charge in [0.25, 0.3) is 0 Å². The van der Waals surface area contributed by atoms with Gasteiger partial charge in [0.2, 0.25) is 0 Å². The van der Waals surface area contributed by atoms with Crippen LogP contribution in [0.3, 0.4) is 0 Å². The predicted molar refractivity (Wildman–Crippen MR) is 82.4 cm³/mol. The zero-order chi connectivity index (χ0) is 13.9. The fourth-order valence-corrected chi connectivity index (χ4v) is 2.23. The Morgan fingerprint density at radius 2 is 1.80 bits per heavy atom. The fraction of sp³-hybridized carbons (Fsp3) is 0.118. The number of nitrogen functional groups attached to an aromatic ring is 1. The summed E-state index contributed by atoms with van der Waals surface area (Å²) in [5.41, 5.74) is 11.4. The van der Waals surface area contributed by atoms with Crippen LogP contribution in [0.2, 0.25) is 0 Å². The van der Waals surface area contributed by atoms with E-state index in [2.05, 4.69) is 36.3 Å². The zero-order valence-corrected chi connectivity index (χ0v) is 11.5. The summed E-state index contributed by atoms with van der Waals surface area (Å²) in [4.78, 5) is 0. The smallest absolute Gasteiger partial charge is 0.0659 e. The van der Waals surface area contributed by atoms with Crippen LogP contribution in [0.5, 0.6) is 0 Å². The molecule has 0 aliphatic rings. The van der Waals surface area contributed by atoms with E-state index in [1.54, 1.807) is 0 Å². The molecular formula is C17H17N3. The molecule has 0 fully saturated rings. The molecule has 1 heterocycles. The lowest BCUT2D eigenvalue weighted by molar-refractivity contribution is 0.687. The Hall–Kier alpha value is -2.55. The van der Waals surface area contributed by atoms with Gasteiger partial charge < -0.3 is 5.73 Å². The Balaban J connectivity index is 1.84. The fourth-order valence-electron chi connectivity index (χ4n) is 2.23. The van der Waals surface area contributed by atoms with Crippen LogP contribution in [0.4, 0.5) is 5.69 Å². The third kappa shape index (κ3) is 2.57. The maximum Gasteiger partial charge on any atom is 0.0659 e. The van der Waals surface area contributed by atoms with Gasteiger partial charge in [-0.25, -0.2) is 0 Å². The number of nitrogens with zero attached hydrogens (tertiary/aromatic N) is 2. The number of nitrogens with two attached hydrogens (primary N) is 1. The second-order valence-electron chi connectivity index (χ2n) is 5.00. The first kappa shape index (κ1) is 12.5. The van der Waals surface area contributed by atoms with E-state index in [9.17, 15) is 0 Å². The van der Waals surface area contributed by atoms with E-state index in [4.69, 9.17) is 5.73 Å². The molecular weight excluding hydrogens is 246 g/mol. The van der Waals surface area contributed by atoms with Crippen molar-refractivity contribution in [3.63, 3.8) is 0 Å². The van der Waals surface area contributed by atoms with E-state index in [1.165, 1.54) is 11.1 Å². The number of para-hydroxylation sites is 1. The summed E-state index contributed by atoms with van der Waals surface area (Å²) < 4.78 is 1.94. The van der Waals surface area contributed by atoms with Crippen molar-refractivity contribution in [1.29, 1.82) is 0 Å². The number of benzene rings is 2. The maximum atomic E-state index is 5.99. The molecule has 0 saturated carbocycles. The van der Waals surface area contributed by atoms with Crippen molar-refractivity contribution in [2.24, 2.45) is 0 Å². The van der Waals surface area contributed by atoms with Gasteiger partial charge in [0, 0.05) is 23.0 Å². The molecule has 2 aromatic carbocycles. The molecule has 0 unspecified atom stereocenters. The quantitative estimate of drug-likeness (QED) is 0.735. The minimum absolute atomic E-state index is 0.771. The van der Waals surface area contributed by atoms with Gasteiger partial charge in [-0.1, -0.05) is 48.0 Å². The lowest BCUT2D eigenvalue weighted by atomic mass is 10.1. The van der Waals surface area contributed by atoms with Gasteiger partial charge in [0.15, 0.2) is 0 Å². The largest absolute Gasteiger partial charge is 0.398 e. The van der Waals surface area contributed by atoms with Crippen LogP contribution in [0.25, 0.3) is 11.1 Å². The van der Waals surface area contributed by atoms with Crippen molar-refractivity contribution in [1.82, 2.24) is 9.78 Å². The molecule has 0 bridgehead atoms. The average molecular weight is 263 g/mol. The summed E-state index contributed by atoms with van der Waals surface area (Å²) >= 11 is 0. The first-order valence-electron chi connectivity index (χ1n) is 6.65. The highest BCUT2D eigenvalue weighted by Crippen LogP contribution is 2.24. The highest BCUT2D eigenvalue weighted by molar-refractivity contribution is 5.75. The molecule has 20 heavy (non-hydrogen) atoms. The summed E-state index contributed by atoms with van der Waals surface area (Å²) in [6, 6.07) is 16.4. The first-order valence-corrected chi connectivity index (χ1v) is 6.65. The first-order chi connectivity index (χ1) is 9.72. The number of hydrogen-bond acceptors (Lipinski definition) is 2. The summed E-state index contributed by atoms with van der Waals surface area (Å²) in [5, 5.41) is 4.41. The van der Waals surface area contributed by atoms with Gasteiger partial charge in [0.1, 0.15) is 0 Å². The standard InChI is InChI=1S/C17H17N3/c1-13-6-8-14(9-7-13)11-20-12-15(10-19-20)16-4-2-3-5-17(16)18/h2-10,12H,11,18H2,1H3. The summed E-state index contributed by atoms with van der Waals surface area (Å²) in [5.74, 6) is 0. The Labute approximate surface area is 118 Å². The van der Waals surface area contributed by atoms with Gasteiger partial charge in [0.05, 0.1) is 12.7 Å². The Morgan fingerprint density at radius 1 is 1.05 bits per heavy atom. The van der Waals surface area contributed by atoms with E-state index in [0.717, 1.165) is 23.4 Å². The second kappa shape index (κ2) is 5.21. The van der Waals surface area contributed by atoms with Crippen LogP contribution in [0.15, 0.2) is 60.9 Å². The van der Waals surface area contributed by atoms with Crippen molar-refractivity contribution < 1.29 is 0 Å². The minimum Gasteiger partial charge on any atom is -0.398 e. The molecule has 0 radical (unpaired) electrons. The molecule has 3 aromatic rings. The van der Waals surface area contributed by atoms with E-state index >= 15 is 0 Å². The van der Waals surface area contributed by atoms with Gasteiger partial charge in [-0.15, -0.1) is 0 Å². The molecule has 3 rings (SSSR count). The zero-order valence-electron chi connectivity index (χ0n) is 11.5. The van der Waals surface area contributed by atoms with Gasteiger partial charge >= 0.3 is 0 Å². The number of hydrogen-bond donors (Lipinski definition) is 1. The molecule has 0 saturated heterocycles. The topological polar surface area (TPSA) is 43.8 Å². The summed E-state index contributed by atoms with van der Waals surface area (Å²) in [6.07, 6.45) is 3.89. The van der Waals surface area contributed by atoms with Crippen molar-refractivity contribution in [2.75, 3.05) is 5.73 Å². The summed E-state index contributed by atoms with van der Waals surface area (Å²) in [7, 11) is 0. The molecule has 0 spiro atoms. The van der Waals surface area contributed by atoms with Crippen LogP contribution in [0, 0.1) is 6.92 Å². The average Bonchev–Trinajstić information content (AvgIpc) is 2.90. The highest BCUT2D eigenvalue weighted by atomic mass is 15.3. The van der Waals surface area contributed by atoms with Gasteiger partial charge in [-0.3, -0.25) is 4.68 Å². The minimum atomic E-state index is 0.771. The van der Waals surface area contributed by atoms with Crippen LogP contribution in [-0.4, -0.2) is 9.78 Å². The van der Waals surface area contributed by atoms with Gasteiger partial charge in [-0.2, -0.15) is 5.10 Å². The molecule has 0 aliphatic heterocycles. The third-order valence-corrected chi connectivity index (χ3v) is 3.37. The molecule has 100 valence electrons. The van der Waals surface area contributed by atoms with Crippen LogP contribution in [0.1, 0.15) is 11.1 Å². The monoisotopic (exact) mass is 263 g/mol. The number of aromatic nitrogens is 2.